The van der Waals surface area contributed by atoms with Crippen LogP contribution in [0.2, 0.25) is 0 Å². The first-order chi connectivity index (χ1) is 7.77. The predicted octanol–water partition coefficient (Wildman–Crippen LogP) is 1.36. The monoisotopic (exact) mass is 218 g/mol. The molecule has 0 saturated heterocycles. The first-order valence-corrected chi connectivity index (χ1v) is 4.64. The molecule has 1 amide bonds. The van der Waals surface area contributed by atoms with Gasteiger partial charge in [-0.15, -0.1) is 0 Å². The molecule has 0 atom stereocenters. The summed E-state index contributed by atoms with van der Waals surface area (Å²) in [6.07, 6.45) is 1.62. The summed E-state index contributed by atoms with van der Waals surface area (Å²) in [6.45, 7) is 0. The number of methoxy groups -OCH3 is 1. The minimum absolute atomic E-state index is 0.353. The van der Waals surface area contributed by atoms with Crippen LogP contribution in [0.3, 0.4) is 0 Å². The molecule has 0 unspecified atom stereocenters. The molecule has 5 nitrogen and oxygen atoms in total. The van der Waals surface area contributed by atoms with Crippen molar-refractivity contribution in [2.45, 2.75) is 0 Å². The van der Waals surface area contributed by atoms with Gasteiger partial charge in [-0.25, -0.2) is 5.48 Å². The smallest absolute Gasteiger partial charge is 0.275 e. The molecule has 1 aromatic heterocycles. The third-order valence-electron chi connectivity index (χ3n) is 2.30. The Morgan fingerprint density at radius 3 is 2.94 bits per heavy atom. The largest absolute Gasteiger partial charge is 0.494 e. The first-order valence-electron chi connectivity index (χ1n) is 4.64. The standard InChI is InChI=1S/C11H10N2O3/c1-16-9-5-4-8(11(14)13-15)7-3-2-6-12-10(7)9/h2-6,15H,1H3,(H,13,14). The van der Waals surface area contributed by atoms with E-state index in [2.05, 4.69) is 4.98 Å². The zero-order valence-corrected chi connectivity index (χ0v) is 8.60. The van der Waals surface area contributed by atoms with Crippen LogP contribution in [-0.2, 0) is 0 Å². The van der Waals surface area contributed by atoms with Crippen LogP contribution in [0.25, 0.3) is 10.9 Å². The molecule has 0 aliphatic rings. The first kappa shape index (κ1) is 10.4. The van der Waals surface area contributed by atoms with E-state index >= 15 is 0 Å². The second kappa shape index (κ2) is 4.16. The highest BCUT2D eigenvalue weighted by molar-refractivity contribution is 6.07. The molecule has 0 aliphatic carbocycles. The molecule has 16 heavy (non-hydrogen) atoms. The fourth-order valence-electron chi connectivity index (χ4n) is 1.57. The Bertz CT molecular complexity index is 540. The van der Waals surface area contributed by atoms with Crippen LogP contribution in [0.15, 0.2) is 30.5 Å². The zero-order chi connectivity index (χ0) is 11.5. The molecule has 2 rings (SSSR count). The van der Waals surface area contributed by atoms with Crippen molar-refractivity contribution in [1.82, 2.24) is 10.5 Å². The summed E-state index contributed by atoms with van der Waals surface area (Å²) in [5.74, 6) is 0.0192. The summed E-state index contributed by atoms with van der Waals surface area (Å²) in [7, 11) is 1.54. The molecule has 82 valence electrons. The van der Waals surface area contributed by atoms with E-state index in [1.807, 2.05) is 0 Å². The number of benzene rings is 1. The van der Waals surface area contributed by atoms with Crippen LogP contribution in [0.5, 0.6) is 5.75 Å². The highest BCUT2D eigenvalue weighted by Gasteiger charge is 2.12. The molecule has 0 fully saturated rings. The van der Waals surface area contributed by atoms with Gasteiger partial charge < -0.3 is 4.74 Å². The molecule has 2 N–H and O–H groups in total. The third-order valence-corrected chi connectivity index (χ3v) is 2.30. The van der Waals surface area contributed by atoms with Crippen LogP contribution < -0.4 is 10.2 Å². The van der Waals surface area contributed by atoms with E-state index in [-0.39, 0.29) is 0 Å². The lowest BCUT2D eigenvalue weighted by Crippen LogP contribution is -2.18. The maximum atomic E-state index is 11.4. The number of pyridine rings is 1. The van der Waals surface area contributed by atoms with E-state index in [0.29, 0.717) is 22.2 Å². The minimum Gasteiger partial charge on any atom is -0.494 e. The van der Waals surface area contributed by atoms with Gasteiger partial charge in [0.05, 0.1) is 12.7 Å². The summed E-state index contributed by atoms with van der Waals surface area (Å²) < 4.78 is 5.14. The number of fused-ring (bicyclic) bond motifs is 1. The maximum Gasteiger partial charge on any atom is 0.275 e. The van der Waals surface area contributed by atoms with Crippen molar-refractivity contribution in [3.05, 3.63) is 36.0 Å². The van der Waals surface area contributed by atoms with Gasteiger partial charge in [0, 0.05) is 11.6 Å². The van der Waals surface area contributed by atoms with Crippen LogP contribution >= 0.6 is 0 Å². The molecule has 0 aliphatic heterocycles. The van der Waals surface area contributed by atoms with E-state index in [9.17, 15) is 4.79 Å². The Morgan fingerprint density at radius 1 is 1.44 bits per heavy atom. The second-order valence-corrected chi connectivity index (χ2v) is 3.16. The van der Waals surface area contributed by atoms with Crippen molar-refractivity contribution >= 4 is 16.8 Å². The van der Waals surface area contributed by atoms with Crippen molar-refractivity contribution in [3.8, 4) is 5.75 Å². The molecular weight excluding hydrogens is 208 g/mol. The van der Waals surface area contributed by atoms with Gasteiger partial charge in [0.1, 0.15) is 11.3 Å². The number of carbonyl (C=O) groups is 1. The maximum absolute atomic E-state index is 11.4. The molecule has 0 bridgehead atoms. The Kier molecular flexibility index (Phi) is 2.70. The second-order valence-electron chi connectivity index (χ2n) is 3.16. The Balaban J connectivity index is 2.74. The highest BCUT2D eigenvalue weighted by Crippen LogP contribution is 2.26. The van der Waals surface area contributed by atoms with Gasteiger partial charge in [-0.05, 0) is 18.2 Å². The average Bonchev–Trinajstić information content (AvgIpc) is 2.36. The molecule has 0 radical (unpaired) electrons. The Hall–Kier alpha value is -2.14. The summed E-state index contributed by atoms with van der Waals surface area (Å²) in [4.78, 5) is 15.5. The zero-order valence-electron chi connectivity index (χ0n) is 8.60. The summed E-state index contributed by atoms with van der Waals surface area (Å²) in [5.41, 5.74) is 2.55. The topological polar surface area (TPSA) is 71.5 Å². The number of ether oxygens (including phenoxy) is 1. The number of hydrogen-bond donors (Lipinski definition) is 2. The van der Waals surface area contributed by atoms with E-state index in [1.165, 1.54) is 7.11 Å². The van der Waals surface area contributed by atoms with Gasteiger partial charge in [-0.1, -0.05) is 6.07 Å². The van der Waals surface area contributed by atoms with E-state index in [0.717, 1.165) is 0 Å². The summed E-state index contributed by atoms with van der Waals surface area (Å²) in [6, 6.07) is 6.68. The lowest BCUT2D eigenvalue weighted by Gasteiger charge is -2.07. The summed E-state index contributed by atoms with van der Waals surface area (Å²) in [5, 5.41) is 9.26. The number of hydrogen-bond acceptors (Lipinski definition) is 4. The SMILES string of the molecule is COc1ccc(C(=O)NO)c2cccnc12. The molecule has 0 saturated carbocycles. The number of carbonyl (C=O) groups excluding carboxylic acids is 1. The van der Waals surface area contributed by atoms with Gasteiger partial charge in [-0.3, -0.25) is 15.0 Å². The van der Waals surface area contributed by atoms with Crippen molar-refractivity contribution in [3.63, 3.8) is 0 Å². The molecular formula is C11H10N2O3. The number of nitrogens with one attached hydrogen (secondary N) is 1. The third kappa shape index (κ3) is 1.57. The normalized spacial score (nSPS) is 10.1. The fourth-order valence-corrected chi connectivity index (χ4v) is 1.57. The molecule has 1 aromatic carbocycles. The van der Waals surface area contributed by atoms with Gasteiger partial charge in [0.25, 0.3) is 5.91 Å². The molecule has 2 aromatic rings. The van der Waals surface area contributed by atoms with Gasteiger partial charge in [0.15, 0.2) is 0 Å². The Morgan fingerprint density at radius 2 is 2.25 bits per heavy atom. The average molecular weight is 218 g/mol. The van der Waals surface area contributed by atoms with E-state index < -0.39 is 5.91 Å². The number of amides is 1. The molecule has 1 heterocycles. The van der Waals surface area contributed by atoms with Crippen molar-refractivity contribution < 1.29 is 14.7 Å². The Labute approximate surface area is 91.6 Å². The number of hydroxylamine groups is 1. The van der Waals surface area contributed by atoms with E-state index in [1.54, 1.807) is 35.9 Å². The lowest BCUT2D eigenvalue weighted by molar-refractivity contribution is 0.0708. The van der Waals surface area contributed by atoms with Gasteiger partial charge >= 0.3 is 0 Å². The number of rotatable bonds is 2. The van der Waals surface area contributed by atoms with E-state index in [4.69, 9.17) is 9.94 Å². The van der Waals surface area contributed by atoms with Crippen LogP contribution in [-0.4, -0.2) is 23.2 Å². The fraction of sp³-hybridized carbons (Fsp3) is 0.0909. The lowest BCUT2D eigenvalue weighted by atomic mass is 10.1. The minimum atomic E-state index is -0.569. The van der Waals surface area contributed by atoms with Crippen LogP contribution in [0.4, 0.5) is 0 Å². The molecule has 5 heteroatoms. The highest BCUT2D eigenvalue weighted by atomic mass is 16.5. The van der Waals surface area contributed by atoms with Gasteiger partial charge in [0.2, 0.25) is 0 Å². The molecule has 0 spiro atoms. The van der Waals surface area contributed by atoms with Crippen LogP contribution in [0.1, 0.15) is 10.4 Å². The number of aromatic nitrogens is 1. The van der Waals surface area contributed by atoms with Crippen molar-refractivity contribution in [2.75, 3.05) is 7.11 Å². The predicted molar refractivity (Wildman–Crippen MR) is 57.5 cm³/mol. The van der Waals surface area contributed by atoms with Crippen LogP contribution in [0, 0.1) is 0 Å². The number of nitrogens with zero attached hydrogens (tertiary/aromatic N) is 1. The van der Waals surface area contributed by atoms with Crippen molar-refractivity contribution in [2.24, 2.45) is 0 Å². The van der Waals surface area contributed by atoms with Gasteiger partial charge in [-0.2, -0.15) is 0 Å². The van der Waals surface area contributed by atoms with Crippen molar-refractivity contribution in [1.29, 1.82) is 0 Å². The summed E-state index contributed by atoms with van der Waals surface area (Å²) >= 11 is 0. The quantitative estimate of drug-likeness (QED) is 0.589.